The van der Waals surface area contributed by atoms with Crippen molar-refractivity contribution in [2.45, 2.75) is 188 Å². The molecule has 7 atom stereocenters. The molecule has 3 fully saturated rings. The van der Waals surface area contributed by atoms with Crippen molar-refractivity contribution in [3.05, 3.63) is 35.5 Å². The van der Waals surface area contributed by atoms with Gasteiger partial charge >= 0.3 is 0 Å². The minimum Gasteiger partial charge on any atom is -0.413 e. The first-order chi connectivity index (χ1) is 20.3. The Balaban J connectivity index is 1.90. The summed E-state index contributed by atoms with van der Waals surface area (Å²) in [5.41, 5.74) is 4.02. The van der Waals surface area contributed by atoms with Crippen molar-refractivity contribution < 1.29 is 14.0 Å². The molecule has 3 aliphatic carbocycles. The van der Waals surface area contributed by atoms with Crippen molar-refractivity contribution in [1.29, 1.82) is 0 Å². The number of rotatable bonds is 10. The maximum atomic E-state index is 10.3. The molecule has 3 nitrogen and oxygen atoms in total. The molecule has 0 spiro atoms. The summed E-state index contributed by atoms with van der Waals surface area (Å²) in [5, 5.41) is 10.6. The van der Waals surface area contributed by atoms with Gasteiger partial charge in [0.1, 0.15) is 0 Å². The molecule has 0 radical (unpaired) electrons. The van der Waals surface area contributed by atoms with E-state index >= 15 is 0 Å². The average Bonchev–Trinajstić information content (AvgIpc) is 3.23. The summed E-state index contributed by atoms with van der Waals surface area (Å²) in [6, 6.07) is 0. The summed E-state index contributed by atoms with van der Waals surface area (Å²) in [5.74, 6) is 2.44. The molecule has 0 heterocycles. The van der Waals surface area contributed by atoms with Crippen molar-refractivity contribution in [1.82, 2.24) is 0 Å². The molecule has 45 heavy (non-hydrogen) atoms. The molecule has 5 heteroatoms. The fourth-order valence-corrected chi connectivity index (χ4v) is 11.0. The average molecular weight is 659 g/mol. The van der Waals surface area contributed by atoms with Gasteiger partial charge in [0.2, 0.25) is 0 Å². The highest BCUT2D eigenvalue weighted by Gasteiger charge is 2.51. The number of aliphatic hydroxyl groups is 1. The van der Waals surface area contributed by atoms with E-state index in [0.29, 0.717) is 17.3 Å². The van der Waals surface area contributed by atoms with Crippen LogP contribution in [0, 0.1) is 29.1 Å². The molecule has 0 aromatic rings. The third-order valence-electron chi connectivity index (χ3n) is 13.4. The van der Waals surface area contributed by atoms with Gasteiger partial charge in [-0.25, -0.2) is 0 Å². The van der Waals surface area contributed by atoms with E-state index in [4.69, 9.17) is 15.4 Å². The molecular formula is C40H74O3Si2. The highest BCUT2D eigenvalue weighted by molar-refractivity contribution is 6.74. The summed E-state index contributed by atoms with van der Waals surface area (Å²) in [6.45, 7) is 39.7. The highest BCUT2D eigenvalue weighted by atomic mass is 28.4. The first-order valence-corrected chi connectivity index (χ1v) is 24.3. The molecule has 3 rings (SSSR count). The second-order valence-corrected chi connectivity index (χ2v) is 29.0. The minimum absolute atomic E-state index is 0.00343. The molecule has 1 N–H and O–H groups in total. The lowest BCUT2D eigenvalue weighted by Gasteiger charge is -2.48. The predicted octanol–water partition coefficient (Wildman–Crippen LogP) is 12.0. The molecule has 1 unspecified atom stereocenters. The molecule has 0 aromatic carbocycles. The van der Waals surface area contributed by atoms with Crippen molar-refractivity contribution in [3.63, 3.8) is 0 Å². The lowest BCUT2D eigenvalue weighted by Crippen LogP contribution is -2.53. The fourth-order valence-electron chi connectivity index (χ4n) is 8.26. The van der Waals surface area contributed by atoms with Crippen LogP contribution in [0.15, 0.2) is 35.5 Å². The van der Waals surface area contributed by atoms with Crippen LogP contribution >= 0.6 is 0 Å². The second-order valence-electron chi connectivity index (χ2n) is 19.5. The van der Waals surface area contributed by atoms with Gasteiger partial charge in [-0.2, -0.15) is 0 Å². The van der Waals surface area contributed by atoms with E-state index in [0.717, 1.165) is 25.2 Å². The van der Waals surface area contributed by atoms with Crippen LogP contribution < -0.4 is 0 Å². The lowest BCUT2D eigenvalue weighted by molar-refractivity contribution is 0.0406. The third kappa shape index (κ3) is 8.96. The Morgan fingerprint density at radius 1 is 0.956 bits per heavy atom. The van der Waals surface area contributed by atoms with Crippen LogP contribution in [0.3, 0.4) is 0 Å². The predicted molar refractivity (Wildman–Crippen MR) is 201 cm³/mol. The van der Waals surface area contributed by atoms with Gasteiger partial charge in [-0.15, -0.1) is 0 Å². The number of hydrogen-bond donors (Lipinski definition) is 1. The smallest absolute Gasteiger partial charge is 0.192 e. The van der Waals surface area contributed by atoms with E-state index in [1.807, 2.05) is 13.8 Å². The van der Waals surface area contributed by atoms with Crippen molar-refractivity contribution >= 4 is 16.6 Å². The van der Waals surface area contributed by atoms with E-state index in [1.54, 1.807) is 5.57 Å². The van der Waals surface area contributed by atoms with Crippen LogP contribution in [-0.4, -0.2) is 39.6 Å². The Bertz CT molecular complexity index is 1100. The van der Waals surface area contributed by atoms with Crippen molar-refractivity contribution in [2.75, 3.05) is 0 Å². The second kappa shape index (κ2) is 13.8. The largest absolute Gasteiger partial charge is 0.413 e. The van der Waals surface area contributed by atoms with Gasteiger partial charge in [-0.05, 0) is 129 Å². The van der Waals surface area contributed by atoms with Crippen LogP contribution in [-0.2, 0) is 8.85 Å². The zero-order valence-electron chi connectivity index (χ0n) is 32.5. The summed E-state index contributed by atoms with van der Waals surface area (Å²) in [6.07, 6.45) is 15.8. The minimum atomic E-state index is -2.01. The van der Waals surface area contributed by atoms with Crippen LogP contribution in [0.2, 0.25) is 36.3 Å². The van der Waals surface area contributed by atoms with Crippen LogP contribution in [0.1, 0.15) is 134 Å². The maximum absolute atomic E-state index is 10.3. The molecular weight excluding hydrogens is 585 g/mol. The summed E-state index contributed by atoms with van der Waals surface area (Å²) in [7, 11) is -3.98. The maximum Gasteiger partial charge on any atom is 0.192 e. The third-order valence-corrected chi connectivity index (χ3v) is 22.4. The molecule has 0 amide bonds. The fraction of sp³-hybridized carbons (Fsp3) is 0.850. The summed E-state index contributed by atoms with van der Waals surface area (Å²) < 4.78 is 14.4. The van der Waals surface area contributed by atoms with Crippen LogP contribution in [0.4, 0.5) is 0 Å². The SMILES string of the molecule is C=C1/C(=C\C=C2CCC[C@@]3(C)C2CC[C@@H]3[C@@H](C)CCCC(C)(C)O)C[C@@H](O[Si](C)(C)C(C)(C)C)[C@H](C)[C@H]1O[Si](C)(C)C(C)(C)C. The van der Waals surface area contributed by atoms with Crippen molar-refractivity contribution in [2.24, 2.45) is 29.1 Å². The highest BCUT2D eigenvalue weighted by Crippen LogP contribution is 2.60. The van der Waals surface area contributed by atoms with E-state index in [2.05, 4.69) is 101 Å². The van der Waals surface area contributed by atoms with E-state index in [1.165, 1.54) is 49.7 Å². The van der Waals surface area contributed by atoms with Gasteiger partial charge in [-0.1, -0.05) is 99.5 Å². The first kappa shape index (κ1) is 39.0. The molecule has 0 bridgehead atoms. The van der Waals surface area contributed by atoms with Gasteiger partial charge in [0, 0.05) is 5.92 Å². The number of fused-ring (bicyclic) bond motifs is 1. The van der Waals surface area contributed by atoms with E-state index < -0.39 is 22.2 Å². The van der Waals surface area contributed by atoms with Gasteiger partial charge in [0.05, 0.1) is 17.8 Å². The summed E-state index contributed by atoms with van der Waals surface area (Å²) >= 11 is 0. The normalized spacial score (nSPS) is 33.2. The van der Waals surface area contributed by atoms with E-state index in [9.17, 15) is 5.11 Å². The summed E-state index contributed by atoms with van der Waals surface area (Å²) in [4.78, 5) is 0. The Morgan fingerprint density at radius 2 is 1.53 bits per heavy atom. The van der Waals surface area contributed by atoms with E-state index in [-0.39, 0.29) is 28.2 Å². The Morgan fingerprint density at radius 3 is 2.09 bits per heavy atom. The monoisotopic (exact) mass is 659 g/mol. The standard InChI is InChI=1S/C40H74O3Si2/c1-28(19-17-25-39(10,11)41)33-23-24-34-31(20-18-26-40(33,34)12)21-22-32-27-35(42-44(13,14)37(4,5)6)30(3)36(29(32)2)43-45(15,16)38(7,8)9/h21-22,28,30,33-36,41H,2,17-20,23-27H2,1,3-16H3/b31-21?,32-22-/t28-,30-,33+,34?,35+,36-,40+/m0/s1. The van der Waals surface area contributed by atoms with Crippen LogP contribution in [0.5, 0.6) is 0 Å². The molecule has 0 saturated heterocycles. The van der Waals surface area contributed by atoms with Gasteiger partial charge < -0.3 is 14.0 Å². The van der Waals surface area contributed by atoms with Gasteiger partial charge in [0.15, 0.2) is 16.6 Å². The Hall–Kier alpha value is -0.466. The molecule has 260 valence electrons. The molecule has 3 aliphatic rings. The number of hydrogen-bond acceptors (Lipinski definition) is 3. The zero-order chi connectivity index (χ0) is 34.4. The zero-order valence-corrected chi connectivity index (χ0v) is 34.5. The number of allylic oxidation sites excluding steroid dienone is 3. The lowest BCUT2D eigenvalue weighted by atomic mass is 9.60. The van der Waals surface area contributed by atoms with Gasteiger partial charge in [-0.3, -0.25) is 0 Å². The molecule has 3 saturated carbocycles. The van der Waals surface area contributed by atoms with Crippen molar-refractivity contribution in [3.8, 4) is 0 Å². The van der Waals surface area contributed by atoms with Crippen LogP contribution in [0.25, 0.3) is 0 Å². The first-order valence-electron chi connectivity index (χ1n) is 18.5. The Kier molecular flexibility index (Phi) is 12.0. The topological polar surface area (TPSA) is 38.7 Å². The van der Waals surface area contributed by atoms with Gasteiger partial charge in [0.25, 0.3) is 0 Å². The Labute approximate surface area is 282 Å². The molecule has 0 aromatic heterocycles. The molecule has 0 aliphatic heterocycles. The quantitative estimate of drug-likeness (QED) is 0.237.